The van der Waals surface area contributed by atoms with E-state index in [0.29, 0.717) is 17.3 Å². The van der Waals surface area contributed by atoms with E-state index in [4.69, 9.17) is 11.6 Å². The highest BCUT2D eigenvalue weighted by Gasteiger charge is 2.21. The molecule has 0 aliphatic heterocycles. The third-order valence-electron chi connectivity index (χ3n) is 3.06. The molecular weight excluding hydrogens is 282 g/mol. The van der Waals surface area contributed by atoms with Gasteiger partial charge in [0.05, 0.1) is 4.90 Å². The summed E-state index contributed by atoms with van der Waals surface area (Å²) in [7, 11) is -3.42. The Morgan fingerprint density at radius 2 is 1.79 bits per heavy atom. The predicted octanol–water partition coefficient (Wildman–Crippen LogP) is 3.32. The highest BCUT2D eigenvalue weighted by molar-refractivity contribution is 7.89. The van der Waals surface area contributed by atoms with Crippen molar-refractivity contribution >= 4 is 21.6 Å². The van der Waals surface area contributed by atoms with Gasteiger partial charge in [-0.25, -0.2) is 13.1 Å². The number of rotatable bonds is 7. The lowest BCUT2D eigenvalue weighted by Gasteiger charge is -2.24. The summed E-state index contributed by atoms with van der Waals surface area (Å²) in [5.41, 5.74) is 0.952. The Labute approximate surface area is 121 Å². The number of nitrogens with one attached hydrogen (secondary N) is 1. The first-order valence-electron chi connectivity index (χ1n) is 6.39. The highest BCUT2D eigenvalue weighted by atomic mass is 35.5. The second-order valence-corrected chi connectivity index (χ2v) is 7.74. The van der Waals surface area contributed by atoms with Crippen LogP contribution < -0.4 is 4.72 Å². The SMILES string of the molecule is Cc1ccc(S(=O)(=O)NCC(C)(C)CCCCl)cc1. The molecule has 0 radical (unpaired) electrons. The number of benzene rings is 1. The maximum atomic E-state index is 12.1. The lowest BCUT2D eigenvalue weighted by atomic mass is 9.88. The summed E-state index contributed by atoms with van der Waals surface area (Å²) < 4.78 is 26.9. The molecule has 0 aliphatic carbocycles. The van der Waals surface area contributed by atoms with Gasteiger partial charge in [0.15, 0.2) is 0 Å². The molecule has 0 bridgehead atoms. The number of hydrogen-bond donors (Lipinski definition) is 1. The zero-order chi connectivity index (χ0) is 14.5. The molecule has 1 rings (SSSR count). The quantitative estimate of drug-likeness (QED) is 0.785. The molecule has 0 saturated heterocycles. The van der Waals surface area contributed by atoms with E-state index in [0.717, 1.165) is 18.4 Å². The molecular formula is C14H22ClNO2S. The van der Waals surface area contributed by atoms with Crippen LogP contribution in [0.5, 0.6) is 0 Å². The van der Waals surface area contributed by atoms with Crippen LogP contribution in [0.2, 0.25) is 0 Å². The van der Waals surface area contributed by atoms with Crippen LogP contribution in [0, 0.1) is 12.3 Å². The van der Waals surface area contributed by atoms with Crippen LogP contribution in [0.15, 0.2) is 29.2 Å². The van der Waals surface area contributed by atoms with E-state index in [-0.39, 0.29) is 5.41 Å². The average molecular weight is 304 g/mol. The van der Waals surface area contributed by atoms with Crippen LogP contribution in [-0.4, -0.2) is 20.8 Å². The van der Waals surface area contributed by atoms with E-state index in [1.165, 1.54) is 0 Å². The molecule has 0 spiro atoms. The van der Waals surface area contributed by atoms with Gasteiger partial charge in [0.25, 0.3) is 0 Å². The maximum absolute atomic E-state index is 12.1. The van der Waals surface area contributed by atoms with Gasteiger partial charge in [-0.3, -0.25) is 0 Å². The molecule has 5 heteroatoms. The molecule has 19 heavy (non-hydrogen) atoms. The van der Waals surface area contributed by atoms with E-state index >= 15 is 0 Å². The first-order chi connectivity index (χ1) is 8.77. The number of sulfonamides is 1. The topological polar surface area (TPSA) is 46.2 Å². The first-order valence-corrected chi connectivity index (χ1v) is 8.41. The van der Waals surface area contributed by atoms with Crippen molar-refractivity contribution in [1.82, 2.24) is 4.72 Å². The third-order valence-corrected chi connectivity index (χ3v) is 4.74. The van der Waals surface area contributed by atoms with Crippen molar-refractivity contribution in [3.05, 3.63) is 29.8 Å². The summed E-state index contributed by atoms with van der Waals surface area (Å²) in [5.74, 6) is 0.605. The van der Waals surface area contributed by atoms with Gasteiger partial charge in [0, 0.05) is 12.4 Å². The van der Waals surface area contributed by atoms with Gasteiger partial charge in [0.1, 0.15) is 0 Å². The fourth-order valence-electron chi connectivity index (χ4n) is 1.72. The van der Waals surface area contributed by atoms with Gasteiger partial charge in [-0.2, -0.15) is 0 Å². The van der Waals surface area contributed by atoms with E-state index in [1.54, 1.807) is 24.3 Å². The summed E-state index contributed by atoms with van der Waals surface area (Å²) in [4.78, 5) is 0.311. The van der Waals surface area contributed by atoms with Crippen LogP contribution in [0.4, 0.5) is 0 Å². The Morgan fingerprint density at radius 3 is 2.32 bits per heavy atom. The molecule has 1 N–H and O–H groups in total. The van der Waals surface area contributed by atoms with Crippen LogP contribution in [0.3, 0.4) is 0 Å². The lowest BCUT2D eigenvalue weighted by molar-refractivity contribution is 0.331. The maximum Gasteiger partial charge on any atom is 0.240 e. The summed E-state index contributed by atoms with van der Waals surface area (Å²) in [6.45, 7) is 6.42. The minimum Gasteiger partial charge on any atom is -0.211 e. The van der Waals surface area contributed by atoms with E-state index < -0.39 is 10.0 Å². The van der Waals surface area contributed by atoms with Crippen LogP contribution in [-0.2, 0) is 10.0 Å². The van der Waals surface area contributed by atoms with E-state index in [9.17, 15) is 8.42 Å². The van der Waals surface area contributed by atoms with Gasteiger partial charge in [-0.1, -0.05) is 31.5 Å². The predicted molar refractivity (Wildman–Crippen MR) is 80.1 cm³/mol. The Hall–Kier alpha value is -0.580. The molecule has 0 amide bonds. The van der Waals surface area contributed by atoms with Crippen LogP contribution in [0.1, 0.15) is 32.3 Å². The largest absolute Gasteiger partial charge is 0.240 e. The van der Waals surface area contributed by atoms with Gasteiger partial charge < -0.3 is 0 Å². The average Bonchev–Trinajstić information content (AvgIpc) is 2.35. The molecule has 0 unspecified atom stereocenters. The van der Waals surface area contributed by atoms with Crippen molar-refractivity contribution in [2.75, 3.05) is 12.4 Å². The molecule has 1 aromatic carbocycles. The van der Waals surface area contributed by atoms with Crippen molar-refractivity contribution in [3.8, 4) is 0 Å². The summed E-state index contributed by atoms with van der Waals surface area (Å²) in [6.07, 6.45) is 1.79. The van der Waals surface area contributed by atoms with E-state index in [1.807, 2.05) is 20.8 Å². The lowest BCUT2D eigenvalue weighted by Crippen LogP contribution is -2.34. The summed E-state index contributed by atoms with van der Waals surface area (Å²) in [5, 5.41) is 0. The summed E-state index contributed by atoms with van der Waals surface area (Å²) >= 11 is 5.67. The van der Waals surface area contributed by atoms with Crippen LogP contribution >= 0.6 is 11.6 Å². The highest BCUT2D eigenvalue weighted by Crippen LogP contribution is 2.22. The fraction of sp³-hybridized carbons (Fsp3) is 0.571. The van der Waals surface area contributed by atoms with Crippen LogP contribution in [0.25, 0.3) is 0 Å². The number of halogens is 1. The van der Waals surface area contributed by atoms with Gasteiger partial charge in [-0.05, 0) is 37.3 Å². The zero-order valence-corrected chi connectivity index (χ0v) is 13.3. The Morgan fingerprint density at radius 1 is 1.21 bits per heavy atom. The fourth-order valence-corrected chi connectivity index (χ4v) is 3.10. The minimum atomic E-state index is -3.42. The Bertz CT molecular complexity index is 495. The molecule has 0 aliphatic rings. The molecule has 3 nitrogen and oxygen atoms in total. The molecule has 0 heterocycles. The smallest absolute Gasteiger partial charge is 0.211 e. The van der Waals surface area contributed by atoms with Crippen molar-refractivity contribution < 1.29 is 8.42 Å². The number of hydrogen-bond acceptors (Lipinski definition) is 2. The minimum absolute atomic E-state index is 0.0906. The van der Waals surface area contributed by atoms with Crippen molar-refractivity contribution in [2.45, 2.75) is 38.5 Å². The Balaban J connectivity index is 2.68. The molecule has 0 saturated carbocycles. The number of aryl methyl sites for hydroxylation is 1. The second kappa shape index (κ2) is 6.73. The standard InChI is InChI=1S/C14H22ClNO2S/c1-12-5-7-13(8-6-12)19(17,18)16-11-14(2,3)9-4-10-15/h5-8,16H,4,9-11H2,1-3H3. The van der Waals surface area contributed by atoms with Crippen molar-refractivity contribution in [1.29, 1.82) is 0 Å². The van der Waals surface area contributed by atoms with Gasteiger partial charge in [0.2, 0.25) is 10.0 Å². The number of alkyl halides is 1. The summed E-state index contributed by atoms with van der Waals surface area (Å²) in [6, 6.07) is 6.85. The van der Waals surface area contributed by atoms with Crippen molar-refractivity contribution in [3.63, 3.8) is 0 Å². The molecule has 0 fully saturated rings. The van der Waals surface area contributed by atoms with E-state index in [2.05, 4.69) is 4.72 Å². The molecule has 1 aromatic rings. The van der Waals surface area contributed by atoms with Crippen molar-refractivity contribution in [2.24, 2.45) is 5.41 Å². The Kier molecular flexibility index (Phi) is 5.83. The molecule has 0 aromatic heterocycles. The third kappa shape index (κ3) is 5.51. The monoisotopic (exact) mass is 303 g/mol. The van der Waals surface area contributed by atoms with Gasteiger partial charge in [-0.15, -0.1) is 11.6 Å². The zero-order valence-electron chi connectivity index (χ0n) is 11.7. The molecule has 108 valence electrons. The molecule has 0 atom stereocenters. The second-order valence-electron chi connectivity index (χ2n) is 5.59. The first kappa shape index (κ1) is 16.5. The normalized spacial score (nSPS) is 12.6. The van der Waals surface area contributed by atoms with Gasteiger partial charge >= 0.3 is 0 Å².